The Morgan fingerprint density at radius 2 is 2.26 bits per heavy atom. The van der Waals surface area contributed by atoms with Crippen molar-refractivity contribution in [2.75, 3.05) is 0 Å². The van der Waals surface area contributed by atoms with Gasteiger partial charge in [0.1, 0.15) is 12.4 Å². The number of pyridine rings is 1. The zero-order valence-electron chi connectivity index (χ0n) is 10.9. The lowest BCUT2D eigenvalue weighted by Gasteiger charge is -2.22. The van der Waals surface area contributed by atoms with Crippen molar-refractivity contribution in [2.24, 2.45) is 5.73 Å². The van der Waals surface area contributed by atoms with Gasteiger partial charge >= 0.3 is 0 Å². The number of rotatable bonds is 3. The molecule has 0 radical (unpaired) electrons. The summed E-state index contributed by atoms with van der Waals surface area (Å²) in [5, 5.41) is 0. The molecule has 3 rings (SSSR count). The molecule has 3 nitrogen and oxygen atoms in total. The van der Waals surface area contributed by atoms with E-state index in [1.54, 1.807) is 6.20 Å². The third kappa shape index (κ3) is 2.76. The van der Waals surface area contributed by atoms with E-state index in [-0.39, 0.29) is 6.04 Å². The molecular formula is C16H18N2O. The Bertz CT molecular complexity index is 554. The molecule has 1 aromatic carbocycles. The zero-order valence-corrected chi connectivity index (χ0v) is 10.9. The van der Waals surface area contributed by atoms with E-state index in [4.69, 9.17) is 10.5 Å². The Hall–Kier alpha value is -1.87. The third-order valence-corrected chi connectivity index (χ3v) is 3.61. The van der Waals surface area contributed by atoms with Gasteiger partial charge in [0.05, 0.1) is 0 Å². The predicted octanol–water partition coefficient (Wildman–Crippen LogP) is 3.00. The monoisotopic (exact) mass is 254 g/mol. The van der Waals surface area contributed by atoms with Crippen LogP contribution in [0.2, 0.25) is 0 Å². The fraction of sp³-hybridized carbons (Fsp3) is 0.312. The summed E-state index contributed by atoms with van der Waals surface area (Å²) in [5.41, 5.74) is 9.84. The van der Waals surface area contributed by atoms with Crippen molar-refractivity contribution in [3.05, 3.63) is 59.4 Å². The third-order valence-electron chi connectivity index (χ3n) is 3.61. The molecule has 1 aromatic heterocycles. The Morgan fingerprint density at radius 3 is 3.11 bits per heavy atom. The van der Waals surface area contributed by atoms with Crippen LogP contribution < -0.4 is 10.5 Å². The maximum atomic E-state index is 6.16. The van der Waals surface area contributed by atoms with Crippen LogP contribution in [0.3, 0.4) is 0 Å². The summed E-state index contributed by atoms with van der Waals surface area (Å²) in [6, 6.07) is 10.4. The number of hydrogen-bond donors (Lipinski definition) is 1. The van der Waals surface area contributed by atoms with Crippen LogP contribution in [0.25, 0.3) is 0 Å². The number of nitrogens with zero attached hydrogens (tertiary/aromatic N) is 1. The van der Waals surface area contributed by atoms with E-state index in [1.165, 1.54) is 17.5 Å². The highest BCUT2D eigenvalue weighted by Gasteiger charge is 2.17. The second-order valence-corrected chi connectivity index (χ2v) is 5.01. The smallest absolute Gasteiger partial charge is 0.120 e. The molecule has 1 aliphatic rings. The van der Waals surface area contributed by atoms with Gasteiger partial charge in [0.15, 0.2) is 0 Å². The summed E-state index contributed by atoms with van der Waals surface area (Å²) in [6.07, 6.45) is 6.97. The Labute approximate surface area is 113 Å². The highest BCUT2D eigenvalue weighted by atomic mass is 16.5. The number of nitrogens with two attached hydrogens (primary N) is 1. The van der Waals surface area contributed by atoms with Gasteiger partial charge in [0.25, 0.3) is 0 Å². The fourth-order valence-electron chi connectivity index (χ4n) is 2.55. The van der Waals surface area contributed by atoms with Crippen molar-refractivity contribution >= 4 is 0 Å². The number of aryl methyl sites for hydroxylation is 1. The lowest BCUT2D eigenvalue weighted by atomic mass is 9.88. The normalized spacial score (nSPS) is 17.8. The van der Waals surface area contributed by atoms with Crippen LogP contribution in [0.4, 0.5) is 0 Å². The van der Waals surface area contributed by atoms with Gasteiger partial charge in [-0.1, -0.05) is 12.1 Å². The second kappa shape index (κ2) is 5.41. The molecule has 0 bridgehead atoms. The van der Waals surface area contributed by atoms with Crippen molar-refractivity contribution in [1.29, 1.82) is 0 Å². The molecule has 2 aromatic rings. The molecule has 0 fully saturated rings. The van der Waals surface area contributed by atoms with Gasteiger partial charge in [-0.15, -0.1) is 0 Å². The van der Waals surface area contributed by atoms with Crippen LogP contribution >= 0.6 is 0 Å². The quantitative estimate of drug-likeness (QED) is 0.916. The fourth-order valence-corrected chi connectivity index (χ4v) is 2.55. The Kier molecular flexibility index (Phi) is 3.47. The number of ether oxygens (including phenoxy) is 1. The van der Waals surface area contributed by atoms with E-state index in [0.717, 1.165) is 24.2 Å². The van der Waals surface area contributed by atoms with Gasteiger partial charge in [-0.2, -0.15) is 0 Å². The minimum atomic E-state index is 0.158. The van der Waals surface area contributed by atoms with Crippen LogP contribution in [-0.2, 0) is 13.0 Å². The average molecular weight is 254 g/mol. The molecule has 0 amide bonds. The van der Waals surface area contributed by atoms with E-state index >= 15 is 0 Å². The second-order valence-electron chi connectivity index (χ2n) is 5.01. The molecule has 2 N–H and O–H groups in total. The van der Waals surface area contributed by atoms with Crippen LogP contribution in [-0.4, -0.2) is 4.98 Å². The first-order valence-electron chi connectivity index (χ1n) is 6.73. The summed E-state index contributed by atoms with van der Waals surface area (Å²) in [5.74, 6) is 0.889. The molecule has 1 atom stereocenters. The Morgan fingerprint density at radius 1 is 1.32 bits per heavy atom. The molecule has 1 heterocycles. The van der Waals surface area contributed by atoms with E-state index in [2.05, 4.69) is 17.1 Å². The summed E-state index contributed by atoms with van der Waals surface area (Å²) < 4.78 is 5.81. The standard InChI is InChI=1S/C16H18N2O/c17-16-5-1-4-13-6-7-14(9-15(13)16)19-11-12-3-2-8-18-10-12/h2-3,6-10,16H,1,4-5,11,17H2/t16-/m1/s1. The van der Waals surface area contributed by atoms with Crippen LogP contribution in [0.1, 0.15) is 35.6 Å². The molecule has 19 heavy (non-hydrogen) atoms. The minimum absolute atomic E-state index is 0.158. The van der Waals surface area contributed by atoms with Gasteiger partial charge in [-0.3, -0.25) is 4.98 Å². The van der Waals surface area contributed by atoms with Gasteiger partial charge in [-0.25, -0.2) is 0 Å². The van der Waals surface area contributed by atoms with Crippen LogP contribution in [0.15, 0.2) is 42.7 Å². The maximum absolute atomic E-state index is 6.16. The Balaban J connectivity index is 1.74. The van der Waals surface area contributed by atoms with Crippen molar-refractivity contribution in [3.63, 3.8) is 0 Å². The lowest BCUT2D eigenvalue weighted by Crippen LogP contribution is -2.17. The molecular weight excluding hydrogens is 236 g/mol. The van der Waals surface area contributed by atoms with Crippen LogP contribution in [0.5, 0.6) is 5.75 Å². The van der Waals surface area contributed by atoms with E-state index in [0.29, 0.717) is 6.61 Å². The van der Waals surface area contributed by atoms with Gasteiger partial charge in [0, 0.05) is 24.0 Å². The van der Waals surface area contributed by atoms with Crippen molar-refractivity contribution in [1.82, 2.24) is 4.98 Å². The highest BCUT2D eigenvalue weighted by Crippen LogP contribution is 2.31. The molecule has 0 unspecified atom stereocenters. The number of hydrogen-bond acceptors (Lipinski definition) is 3. The SMILES string of the molecule is N[C@@H]1CCCc2ccc(OCc3cccnc3)cc21. The summed E-state index contributed by atoms with van der Waals surface area (Å²) in [7, 11) is 0. The molecule has 0 spiro atoms. The first-order valence-corrected chi connectivity index (χ1v) is 6.73. The molecule has 98 valence electrons. The summed E-state index contributed by atoms with van der Waals surface area (Å²) >= 11 is 0. The summed E-state index contributed by atoms with van der Waals surface area (Å²) in [6.45, 7) is 0.544. The van der Waals surface area contributed by atoms with Gasteiger partial charge < -0.3 is 10.5 Å². The molecule has 0 aliphatic heterocycles. The van der Waals surface area contributed by atoms with Crippen molar-refractivity contribution < 1.29 is 4.74 Å². The lowest BCUT2D eigenvalue weighted by molar-refractivity contribution is 0.305. The van der Waals surface area contributed by atoms with Gasteiger partial charge in [0.2, 0.25) is 0 Å². The first-order chi connectivity index (χ1) is 9.33. The van der Waals surface area contributed by atoms with E-state index in [9.17, 15) is 0 Å². The largest absolute Gasteiger partial charge is 0.489 e. The number of aromatic nitrogens is 1. The predicted molar refractivity (Wildman–Crippen MR) is 74.9 cm³/mol. The molecule has 1 aliphatic carbocycles. The average Bonchev–Trinajstić information content (AvgIpc) is 2.47. The van der Waals surface area contributed by atoms with E-state index < -0.39 is 0 Å². The minimum Gasteiger partial charge on any atom is -0.489 e. The number of benzene rings is 1. The molecule has 0 saturated carbocycles. The van der Waals surface area contributed by atoms with Crippen molar-refractivity contribution in [3.8, 4) is 5.75 Å². The highest BCUT2D eigenvalue weighted by molar-refractivity contribution is 5.39. The van der Waals surface area contributed by atoms with Gasteiger partial charge in [-0.05, 0) is 48.6 Å². The molecule has 3 heteroatoms. The summed E-state index contributed by atoms with van der Waals surface area (Å²) in [4.78, 5) is 4.08. The number of fused-ring (bicyclic) bond motifs is 1. The van der Waals surface area contributed by atoms with Crippen LogP contribution in [0, 0.1) is 0 Å². The topological polar surface area (TPSA) is 48.1 Å². The first kappa shape index (κ1) is 12.2. The van der Waals surface area contributed by atoms with E-state index in [1.807, 2.05) is 24.4 Å². The van der Waals surface area contributed by atoms with Crippen molar-refractivity contribution in [2.45, 2.75) is 31.9 Å². The maximum Gasteiger partial charge on any atom is 0.120 e. The zero-order chi connectivity index (χ0) is 13.1. The molecule has 0 saturated heterocycles.